The Morgan fingerprint density at radius 2 is 2.29 bits per heavy atom. The minimum absolute atomic E-state index is 1.00. The third-order valence-electron chi connectivity index (χ3n) is 1.26. The van der Waals surface area contributed by atoms with Gasteiger partial charge in [-0.2, -0.15) is 0 Å². The Bertz CT molecular complexity index is 559. The summed E-state index contributed by atoms with van der Waals surface area (Å²) in [6, 6.07) is -6.39. The molecule has 1 rings (SSSR count). The van der Waals surface area contributed by atoms with Gasteiger partial charge in [0.1, 0.15) is 6.02 Å². The molecule has 0 aromatic heterocycles. The molecule has 0 spiro atoms. The molecule has 0 aliphatic rings. The zero-order chi connectivity index (χ0) is 16.0. The summed E-state index contributed by atoms with van der Waals surface area (Å²) in [5, 5.41) is 27.5. The first-order chi connectivity index (χ1) is 8.87. The van der Waals surface area contributed by atoms with E-state index in [1.54, 1.807) is 0 Å². The highest BCUT2D eigenvalue weighted by atomic mass is 16.4. The van der Waals surface area contributed by atoms with Crippen LogP contribution in [0.4, 0.5) is 0 Å². The lowest BCUT2D eigenvalue weighted by atomic mass is 10.2. The molecule has 1 aromatic carbocycles. The number of benzene rings is 1. The second kappa shape index (κ2) is 3.97. The average Bonchev–Trinajstić information content (AvgIpc) is 2.33. The fourth-order valence-electron chi connectivity index (χ4n) is 0.640. The summed E-state index contributed by atoms with van der Waals surface area (Å²) < 4.78 is 44.8. The van der Waals surface area contributed by atoms with Crippen LogP contribution in [-0.4, -0.2) is 27.3 Å². The van der Waals surface area contributed by atoms with Crippen LogP contribution in [0.3, 0.4) is 0 Å². The summed E-state index contributed by atoms with van der Waals surface area (Å²) in [5.74, 6) is -4.35. The Morgan fingerprint density at radius 3 is 2.86 bits per heavy atom. The Hall–Kier alpha value is -1.75. The number of nitrogens with two attached hydrogens (primary N) is 1. The third-order valence-corrected chi connectivity index (χ3v) is 1.26. The second-order valence-corrected chi connectivity index (χ2v) is 2.29. The zero-order valence-electron chi connectivity index (χ0n) is 12.8. The van der Waals surface area contributed by atoms with Crippen LogP contribution in [0.15, 0.2) is 18.1 Å². The molecular weight excluding hydrogens is 187 g/mol. The van der Waals surface area contributed by atoms with Gasteiger partial charge in [0.2, 0.25) is 0 Å². The van der Waals surface area contributed by atoms with E-state index >= 15 is 0 Å². The normalized spacial score (nSPS) is 21.8. The van der Waals surface area contributed by atoms with E-state index in [-0.39, 0.29) is 0 Å². The number of hydrogen-bond acceptors (Lipinski definition) is 4. The van der Waals surface area contributed by atoms with Gasteiger partial charge in [-0.15, -0.1) is 0 Å². The van der Waals surface area contributed by atoms with Crippen LogP contribution in [0.1, 0.15) is 13.8 Å². The molecule has 0 saturated carbocycles. The van der Waals surface area contributed by atoms with Gasteiger partial charge in [-0.05, 0) is 24.0 Å². The number of aromatic hydroxyl groups is 2. The summed E-state index contributed by atoms with van der Waals surface area (Å²) in [4.78, 5) is 10.9. The number of hydrogen-bond donors (Lipinski definition) is 4. The standard InChI is InChI=1S/C9H11NO4/c10-6(9(13)14)3-5-1-2-7(11)8(12)4-5/h1-2,4,6,11-12H,3,10H2,(H,13,14)/t6-/m1/s1/i1D,2D,3+1D2,4D,6D. The Balaban J connectivity index is 3.76. The van der Waals surface area contributed by atoms with Crippen LogP contribution in [0.2, 0.25) is 0 Å². The molecule has 0 aliphatic heterocycles. The van der Waals surface area contributed by atoms with Crippen molar-refractivity contribution in [3.8, 4) is 11.5 Å². The van der Waals surface area contributed by atoms with E-state index in [0.717, 1.165) is 0 Å². The molecule has 1 atom stereocenters. The molecule has 1 aromatic rings. The number of rotatable bonds is 3. The molecule has 5 nitrogen and oxygen atoms in total. The van der Waals surface area contributed by atoms with Gasteiger partial charge < -0.3 is 21.1 Å². The number of carboxylic acid groups (broad SMARTS) is 1. The molecule has 0 unspecified atom stereocenters. The van der Waals surface area contributed by atoms with Crippen molar-refractivity contribution in [2.24, 2.45) is 5.73 Å². The quantitative estimate of drug-likeness (QED) is 0.411. The van der Waals surface area contributed by atoms with Gasteiger partial charge in [0.15, 0.2) is 11.5 Å². The van der Waals surface area contributed by atoms with Crippen LogP contribution in [0.5, 0.6) is 11.5 Å². The molecule has 0 fully saturated rings. The van der Waals surface area contributed by atoms with Crippen molar-refractivity contribution in [3.63, 3.8) is 0 Å². The molecule has 76 valence electrons. The van der Waals surface area contributed by atoms with Crippen molar-refractivity contribution in [2.45, 2.75) is 12.4 Å². The van der Waals surface area contributed by atoms with Gasteiger partial charge >= 0.3 is 5.97 Å². The average molecular weight is 204 g/mol. The monoisotopic (exact) mass is 204 g/mol. The first-order valence-electron chi connectivity index (χ1n) is 6.41. The molecule has 5 N–H and O–H groups in total. The molecule has 0 aliphatic carbocycles. The van der Waals surface area contributed by atoms with E-state index in [4.69, 9.17) is 19.1 Å². The maximum absolute atomic E-state index is 10.9. The lowest BCUT2D eigenvalue weighted by Crippen LogP contribution is -2.32. The number of phenols is 2. The number of aliphatic carboxylic acids is 1. The topological polar surface area (TPSA) is 104 Å². The summed E-state index contributed by atoms with van der Waals surface area (Å²) >= 11 is 0. The van der Waals surface area contributed by atoms with E-state index in [2.05, 4.69) is 0 Å². The molecule has 14 heavy (non-hydrogen) atoms. The van der Waals surface area contributed by atoms with Crippen molar-refractivity contribution in [2.75, 3.05) is 0 Å². The van der Waals surface area contributed by atoms with E-state index in [0.29, 0.717) is 0 Å². The molecule has 0 bridgehead atoms. The van der Waals surface area contributed by atoms with Gasteiger partial charge in [0.25, 0.3) is 0 Å². The highest BCUT2D eigenvalue weighted by molar-refractivity contribution is 5.73. The molecule has 0 radical (unpaired) electrons. The number of carbonyl (C=O) groups is 1. The van der Waals surface area contributed by atoms with Crippen LogP contribution >= 0.6 is 0 Å². The van der Waals surface area contributed by atoms with Crippen molar-refractivity contribution < 1.29 is 28.3 Å². The van der Waals surface area contributed by atoms with E-state index < -0.39 is 53.5 Å². The summed E-state index contributed by atoms with van der Waals surface area (Å²) in [7, 11) is 0. The second-order valence-electron chi connectivity index (χ2n) is 2.29. The van der Waals surface area contributed by atoms with Crippen LogP contribution in [0, 0.1) is 0 Å². The number of phenolic OH excluding ortho intramolecular Hbond substituents is 2. The smallest absolute Gasteiger partial charge is 0.320 e. The lowest BCUT2D eigenvalue weighted by molar-refractivity contribution is -0.138. The molecule has 0 amide bonds. The highest BCUT2D eigenvalue weighted by Gasteiger charge is 2.12. The molecule has 5 heteroatoms. The van der Waals surface area contributed by atoms with Crippen LogP contribution in [0.25, 0.3) is 0 Å². The summed E-state index contributed by atoms with van der Waals surface area (Å²) in [6.45, 7) is 0. The van der Waals surface area contributed by atoms with Crippen LogP contribution < -0.4 is 5.73 Å². The van der Waals surface area contributed by atoms with Crippen molar-refractivity contribution in [1.29, 1.82) is 0 Å². The van der Waals surface area contributed by atoms with E-state index in [1.807, 2.05) is 0 Å². The lowest BCUT2D eigenvalue weighted by Gasteiger charge is -2.06. The Morgan fingerprint density at radius 1 is 1.64 bits per heavy atom. The Labute approximate surface area is 88.8 Å². The van der Waals surface area contributed by atoms with E-state index in [9.17, 15) is 15.0 Å². The molecule has 0 saturated heterocycles. The van der Waals surface area contributed by atoms with Gasteiger partial charge in [-0.25, -0.2) is 0 Å². The Kier molecular flexibility index (Phi) is 1.32. The van der Waals surface area contributed by atoms with Gasteiger partial charge in [0.05, 0.1) is 5.48 Å². The number of carboxylic acids is 1. The summed E-state index contributed by atoms with van der Waals surface area (Å²) in [6.07, 6.45) is -3.26. The first-order valence-corrected chi connectivity index (χ1v) is 3.41. The van der Waals surface area contributed by atoms with Crippen molar-refractivity contribution >= 4 is 5.97 Å². The molecular formula is C9H11NO4. The largest absolute Gasteiger partial charge is 0.504 e. The SMILES string of the molecule is [2H]c1c([2H])c([13C]([2H])([2H])[C@@]([2H])(N)C(=O)O)c([2H])c(O)c1O. The van der Waals surface area contributed by atoms with Crippen molar-refractivity contribution in [3.05, 3.63) is 23.7 Å². The third kappa shape index (κ3) is 2.37. The maximum Gasteiger partial charge on any atom is 0.320 e. The highest BCUT2D eigenvalue weighted by Crippen LogP contribution is 2.25. The zero-order valence-corrected chi connectivity index (χ0v) is 6.83. The summed E-state index contributed by atoms with van der Waals surface area (Å²) in [5.41, 5.74) is 4.01. The van der Waals surface area contributed by atoms with E-state index in [1.165, 1.54) is 0 Å². The van der Waals surface area contributed by atoms with Crippen LogP contribution in [-0.2, 0) is 11.2 Å². The predicted octanol–water partition coefficient (Wildman–Crippen LogP) is 0.0522. The fourth-order valence-corrected chi connectivity index (χ4v) is 0.640. The van der Waals surface area contributed by atoms with Crippen molar-refractivity contribution in [1.82, 2.24) is 0 Å². The fraction of sp³-hybridized carbons (Fsp3) is 0.222. The predicted molar refractivity (Wildman–Crippen MR) is 49.1 cm³/mol. The van der Waals surface area contributed by atoms with Gasteiger partial charge in [-0.1, -0.05) is 6.04 Å². The minimum Gasteiger partial charge on any atom is -0.504 e. The van der Waals surface area contributed by atoms with Gasteiger partial charge in [0, 0.05) is 2.74 Å². The maximum atomic E-state index is 10.9. The minimum atomic E-state index is -3.26. The van der Waals surface area contributed by atoms with Gasteiger partial charge in [-0.3, -0.25) is 4.79 Å². The molecule has 0 heterocycles. The first kappa shape index (κ1) is 4.65.